The smallest absolute Gasteiger partial charge is 0.223 e. The van der Waals surface area contributed by atoms with Gasteiger partial charge < -0.3 is 10.2 Å². The van der Waals surface area contributed by atoms with Gasteiger partial charge in [0, 0.05) is 32.6 Å². The van der Waals surface area contributed by atoms with E-state index in [1.54, 1.807) is 29.2 Å². The van der Waals surface area contributed by atoms with Gasteiger partial charge in [0.1, 0.15) is 0 Å². The van der Waals surface area contributed by atoms with Gasteiger partial charge in [0.25, 0.3) is 0 Å². The van der Waals surface area contributed by atoms with Crippen LogP contribution in [0.25, 0.3) is 0 Å². The molecule has 0 aromatic heterocycles. The van der Waals surface area contributed by atoms with E-state index in [2.05, 4.69) is 5.32 Å². The van der Waals surface area contributed by atoms with Crippen molar-refractivity contribution in [2.75, 3.05) is 31.9 Å². The molecule has 1 aliphatic heterocycles. The Morgan fingerprint density at radius 2 is 1.80 bits per heavy atom. The summed E-state index contributed by atoms with van der Waals surface area (Å²) in [5.74, 6) is -0.207. The summed E-state index contributed by atoms with van der Waals surface area (Å²) in [6, 6.07) is 6.73. The molecular weight excluding hydrogens is 276 g/mol. The molecule has 1 saturated heterocycles. The minimum Gasteiger partial charge on any atom is -0.340 e. The van der Waals surface area contributed by atoms with Gasteiger partial charge in [-0.3, -0.25) is 4.79 Å². The van der Waals surface area contributed by atoms with Gasteiger partial charge >= 0.3 is 0 Å². The Labute approximate surface area is 119 Å². The predicted octanol–water partition coefficient (Wildman–Crippen LogP) is 0.591. The molecule has 20 heavy (non-hydrogen) atoms. The minimum absolute atomic E-state index is 0.0518. The van der Waals surface area contributed by atoms with Gasteiger partial charge in [-0.1, -0.05) is 17.7 Å². The van der Waals surface area contributed by atoms with Gasteiger partial charge in [-0.15, -0.1) is 0 Å². The monoisotopic (exact) mass is 296 g/mol. The van der Waals surface area contributed by atoms with Crippen molar-refractivity contribution in [3.05, 3.63) is 29.8 Å². The number of hydrogen-bond donors (Lipinski definition) is 1. The molecule has 0 radical (unpaired) electrons. The summed E-state index contributed by atoms with van der Waals surface area (Å²) < 4.78 is 24.3. The summed E-state index contributed by atoms with van der Waals surface area (Å²) >= 11 is 0. The van der Waals surface area contributed by atoms with E-state index in [4.69, 9.17) is 0 Å². The minimum atomic E-state index is -3.37. The van der Waals surface area contributed by atoms with Crippen LogP contribution in [-0.4, -0.2) is 51.2 Å². The van der Waals surface area contributed by atoms with E-state index >= 15 is 0 Å². The highest BCUT2D eigenvalue weighted by Crippen LogP contribution is 2.13. The van der Waals surface area contributed by atoms with Crippen LogP contribution in [0.3, 0.4) is 0 Å². The molecule has 1 amide bonds. The molecule has 1 heterocycles. The molecule has 2 rings (SSSR count). The van der Waals surface area contributed by atoms with Crippen LogP contribution in [0.5, 0.6) is 0 Å². The number of amides is 1. The molecule has 1 aromatic rings. The van der Waals surface area contributed by atoms with Gasteiger partial charge in [0.05, 0.1) is 10.6 Å². The normalized spacial score (nSPS) is 16.1. The molecule has 5 nitrogen and oxygen atoms in total. The first-order valence-electron chi connectivity index (χ1n) is 6.77. The molecule has 0 aliphatic carbocycles. The molecule has 6 heteroatoms. The fourth-order valence-corrected chi connectivity index (χ4v) is 3.39. The second-order valence-corrected chi connectivity index (χ2v) is 7.12. The first-order chi connectivity index (χ1) is 9.49. The van der Waals surface area contributed by atoms with Crippen LogP contribution in [0, 0.1) is 6.92 Å². The van der Waals surface area contributed by atoms with Gasteiger partial charge in [-0.05, 0) is 19.1 Å². The molecule has 0 atom stereocenters. The van der Waals surface area contributed by atoms with Crippen molar-refractivity contribution in [2.24, 2.45) is 0 Å². The Hall–Kier alpha value is -1.40. The summed E-state index contributed by atoms with van der Waals surface area (Å²) in [6.07, 6.45) is 0.0518. The van der Waals surface area contributed by atoms with Gasteiger partial charge in [-0.2, -0.15) is 0 Å². The quantitative estimate of drug-likeness (QED) is 0.883. The Morgan fingerprint density at radius 1 is 1.20 bits per heavy atom. The molecule has 0 spiro atoms. The summed E-state index contributed by atoms with van der Waals surface area (Å²) in [6.45, 7) is 4.77. The maximum absolute atomic E-state index is 12.1. The third-order valence-electron chi connectivity index (χ3n) is 3.43. The molecule has 1 aromatic carbocycles. The van der Waals surface area contributed by atoms with E-state index in [1.807, 2.05) is 6.92 Å². The van der Waals surface area contributed by atoms with Crippen molar-refractivity contribution >= 4 is 15.7 Å². The Morgan fingerprint density at radius 3 is 2.40 bits per heavy atom. The number of hydrogen-bond acceptors (Lipinski definition) is 4. The molecule has 1 aliphatic rings. The van der Waals surface area contributed by atoms with Crippen molar-refractivity contribution in [1.82, 2.24) is 10.2 Å². The summed E-state index contributed by atoms with van der Waals surface area (Å²) in [5.41, 5.74) is 1.01. The zero-order valence-electron chi connectivity index (χ0n) is 11.6. The van der Waals surface area contributed by atoms with Crippen LogP contribution < -0.4 is 5.32 Å². The topological polar surface area (TPSA) is 66.5 Å². The maximum atomic E-state index is 12.1. The highest BCUT2D eigenvalue weighted by molar-refractivity contribution is 7.91. The van der Waals surface area contributed by atoms with Gasteiger partial charge in [0.15, 0.2) is 9.84 Å². The van der Waals surface area contributed by atoms with Crippen LogP contribution in [-0.2, 0) is 14.6 Å². The average molecular weight is 296 g/mol. The molecule has 110 valence electrons. The summed E-state index contributed by atoms with van der Waals surface area (Å²) in [5, 5.41) is 3.16. The molecule has 1 fully saturated rings. The summed E-state index contributed by atoms with van der Waals surface area (Å²) in [7, 11) is -3.37. The van der Waals surface area contributed by atoms with Crippen LogP contribution in [0.4, 0.5) is 0 Å². The Balaban J connectivity index is 1.95. The van der Waals surface area contributed by atoms with Gasteiger partial charge in [-0.25, -0.2) is 8.42 Å². The highest BCUT2D eigenvalue weighted by atomic mass is 32.2. The lowest BCUT2D eigenvalue weighted by molar-refractivity contribution is -0.131. The van der Waals surface area contributed by atoms with Crippen LogP contribution in [0.2, 0.25) is 0 Å². The van der Waals surface area contributed by atoms with Crippen LogP contribution >= 0.6 is 0 Å². The average Bonchev–Trinajstić information content (AvgIpc) is 2.46. The molecule has 0 bridgehead atoms. The first-order valence-corrected chi connectivity index (χ1v) is 8.42. The first kappa shape index (κ1) is 15.0. The fraction of sp³-hybridized carbons (Fsp3) is 0.500. The number of sulfone groups is 1. The lowest BCUT2D eigenvalue weighted by Crippen LogP contribution is -2.46. The number of piperazine rings is 1. The fourth-order valence-electron chi connectivity index (χ4n) is 2.16. The largest absolute Gasteiger partial charge is 0.340 e. The number of carbonyl (C=O) groups is 1. The third-order valence-corrected chi connectivity index (χ3v) is 5.17. The van der Waals surface area contributed by atoms with E-state index in [9.17, 15) is 13.2 Å². The molecule has 0 saturated carbocycles. The predicted molar refractivity (Wildman–Crippen MR) is 77.3 cm³/mol. The SMILES string of the molecule is Cc1ccc(S(=O)(=O)CCC(=O)N2CCNCC2)cc1. The van der Waals surface area contributed by atoms with Crippen molar-refractivity contribution in [3.8, 4) is 0 Å². The van der Waals surface area contributed by atoms with Crippen molar-refractivity contribution < 1.29 is 13.2 Å². The van der Waals surface area contributed by atoms with Crippen molar-refractivity contribution in [3.63, 3.8) is 0 Å². The van der Waals surface area contributed by atoms with E-state index < -0.39 is 9.84 Å². The number of aryl methyl sites for hydroxylation is 1. The number of nitrogens with one attached hydrogen (secondary N) is 1. The van der Waals surface area contributed by atoms with E-state index in [0.29, 0.717) is 13.1 Å². The van der Waals surface area contributed by atoms with E-state index in [1.165, 1.54) is 0 Å². The number of carbonyl (C=O) groups excluding carboxylic acids is 1. The Bertz CT molecular complexity index is 561. The third kappa shape index (κ3) is 3.80. The summed E-state index contributed by atoms with van der Waals surface area (Å²) in [4.78, 5) is 14.0. The maximum Gasteiger partial charge on any atom is 0.223 e. The Kier molecular flexibility index (Phi) is 4.77. The second-order valence-electron chi connectivity index (χ2n) is 5.01. The van der Waals surface area contributed by atoms with Crippen molar-refractivity contribution in [1.29, 1.82) is 0 Å². The van der Waals surface area contributed by atoms with Gasteiger partial charge in [0.2, 0.25) is 5.91 Å². The van der Waals surface area contributed by atoms with Crippen molar-refractivity contribution in [2.45, 2.75) is 18.2 Å². The highest BCUT2D eigenvalue weighted by Gasteiger charge is 2.20. The lowest BCUT2D eigenvalue weighted by atomic mass is 10.2. The van der Waals surface area contributed by atoms with Crippen LogP contribution in [0.1, 0.15) is 12.0 Å². The zero-order valence-corrected chi connectivity index (χ0v) is 12.4. The molecule has 0 unspecified atom stereocenters. The second kappa shape index (κ2) is 6.37. The number of nitrogens with zero attached hydrogens (tertiary/aromatic N) is 1. The van der Waals surface area contributed by atoms with E-state index in [0.717, 1.165) is 18.7 Å². The number of benzene rings is 1. The lowest BCUT2D eigenvalue weighted by Gasteiger charge is -2.27. The number of rotatable bonds is 4. The van der Waals surface area contributed by atoms with E-state index in [-0.39, 0.29) is 23.0 Å². The molecule has 1 N–H and O–H groups in total. The standard InChI is InChI=1S/C14H20N2O3S/c1-12-2-4-13(5-3-12)20(18,19)11-6-14(17)16-9-7-15-8-10-16/h2-5,15H,6-11H2,1H3. The zero-order chi connectivity index (χ0) is 14.6. The molecular formula is C14H20N2O3S. The van der Waals surface area contributed by atoms with Crippen LogP contribution in [0.15, 0.2) is 29.2 Å².